The molecular weight excluding hydrogens is 399 g/mol. The summed E-state index contributed by atoms with van der Waals surface area (Å²) in [5, 5.41) is 0.881. The fraction of sp³-hybridized carbons (Fsp3) is 0.0833. The van der Waals surface area contributed by atoms with Crippen LogP contribution < -0.4 is 11.2 Å². The van der Waals surface area contributed by atoms with Crippen LogP contribution in [0.3, 0.4) is 0 Å². The molecule has 30 heavy (non-hydrogen) atoms. The van der Waals surface area contributed by atoms with Crippen LogP contribution in [0.5, 0.6) is 0 Å². The minimum Gasteiger partial charge on any atom is -0.287 e. The number of fused-ring (bicyclic) bond motifs is 3. The molecule has 3 aromatic carbocycles. The second-order valence-corrected chi connectivity index (χ2v) is 8.24. The zero-order chi connectivity index (χ0) is 20.8. The maximum atomic E-state index is 13.6. The zero-order valence-corrected chi connectivity index (χ0v) is 16.9. The van der Waals surface area contributed by atoms with Crippen LogP contribution >= 0.6 is 11.3 Å². The van der Waals surface area contributed by atoms with E-state index in [1.807, 2.05) is 55.5 Å². The molecule has 0 saturated carbocycles. The van der Waals surface area contributed by atoms with Crippen LogP contribution in [0.2, 0.25) is 0 Å². The maximum Gasteiger partial charge on any atom is 0.336 e. The van der Waals surface area contributed by atoms with Gasteiger partial charge < -0.3 is 0 Å². The highest BCUT2D eigenvalue weighted by molar-refractivity contribution is 7.25. The van der Waals surface area contributed by atoms with Crippen LogP contribution in [0.15, 0.2) is 82.4 Å². The average Bonchev–Trinajstić information content (AvgIpc) is 3.14. The lowest BCUT2D eigenvalue weighted by atomic mass is 10.1. The first kappa shape index (κ1) is 18.5. The summed E-state index contributed by atoms with van der Waals surface area (Å²) in [5.41, 5.74) is 2.24. The van der Waals surface area contributed by atoms with Gasteiger partial charge in [0.05, 0.1) is 17.7 Å². The second kappa shape index (κ2) is 7.07. The number of aromatic nitrogens is 2. The quantitative estimate of drug-likeness (QED) is 0.421. The topological polar surface area (TPSA) is 44.0 Å². The highest BCUT2D eigenvalue weighted by Gasteiger charge is 2.19. The van der Waals surface area contributed by atoms with E-state index >= 15 is 0 Å². The Bertz CT molecular complexity index is 1530. The molecule has 2 aromatic heterocycles. The van der Waals surface area contributed by atoms with E-state index in [2.05, 4.69) is 0 Å². The molecule has 0 aliphatic carbocycles. The molecule has 0 spiro atoms. The van der Waals surface area contributed by atoms with Crippen LogP contribution in [0.25, 0.3) is 26.0 Å². The molecule has 6 heteroatoms. The van der Waals surface area contributed by atoms with Gasteiger partial charge in [0, 0.05) is 10.1 Å². The van der Waals surface area contributed by atoms with Gasteiger partial charge in [0.15, 0.2) is 0 Å². The van der Waals surface area contributed by atoms with Gasteiger partial charge in [-0.3, -0.25) is 9.36 Å². The third-order valence-corrected chi connectivity index (χ3v) is 6.48. The van der Waals surface area contributed by atoms with E-state index in [1.54, 1.807) is 4.57 Å². The lowest BCUT2D eigenvalue weighted by Gasteiger charge is -2.14. The van der Waals surface area contributed by atoms with Gasteiger partial charge in [0.25, 0.3) is 5.56 Å². The third kappa shape index (κ3) is 2.88. The Morgan fingerprint density at radius 3 is 2.37 bits per heavy atom. The first-order valence-electron chi connectivity index (χ1n) is 9.52. The molecular formula is C24H17FN2O2S. The second-order valence-electron chi connectivity index (χ2n) is 7.19. The van der Waals surface area contributed by atoms with Crippen molar-refractivity contribution < 1.29 is 4.39 Å². The summed E-state index contributed by atoms with van der Waals surface area (Å²) in [5.74, 6) is -0.421. The number of thiophene rings is 1. The molecule has 0 atom stereocenters. The molecule has 2 heterocycles. The number of benzene rings is 3. The molecule has 0 aliphatic heterocycles. The highest BCUT2D eigenvalue weighted by atomic mass is 32.1. The summed E-state index contributed by atoms with van der Waals surface area (Å²) in [6.07, 6.45) is 0. The SMILES string of the molecule is Cc1ccccc1Cn1c(=O)n(-c2ccc(F)cc2)c(=O)c2sc3ccccc3c21. The summed E-state index contributed by atoms with van der Waals surface area (Å²) in [7, 11) is 0. The van der Waals surface area contributed by atoms with Crippen molar-refractivity contribution in [3.63, 3.8) is 0 Å². The van der Waals surface area contributed by atoms with E-state index in [9.17, 15) is 14.0 Å². The minimum atomic E-state index is -0.439. The van der Waals surface area contributed by atoms with Crippen molar-refractivity contribution in [1.82, 2.24) is 9.13 Å². The molecule has 0 bridgehead atoms. The fourth-order valence-electron chi connectivity index (χ4n) is 3.77. The summed E-state index contributed by atoms with van der Waals surface area (Å²) in [6, 6.07) is 21.0. The molecule has 0 saturated heterocycles. The van der Waals surface area contributed by atoms with Crippen molar-refractivity contribution in [1.29, 1.82) is 0 Å². The van der Waals surface area contributed by atoms with E-state index < -0.39 is 11.5 Å². The van der Waals surface area contributed by atoms with E-state index in [-0.39, 0.29) is 5.56 Å². The smallest absolute Gasteiger partial charge is 0.287 e. The van der Waals surface area contributed by atoms with E-state index in [1.165, 1.54) is 35.6 Å². The Hall–Kier alpha value is -3.51. The van der Waals surface area contributed by atoms with Gasteiger partial charge >= 0.3 is 5.69 Å². The van der Waals surface area contributed by atoms with Gasteiger partial charge in [-0.15, -0.1) is 11.3 Å². The number of rotatable bonds is 3. The minimum absolute atomic E-state index is 0.338. The molecule has 0 N–H and O–H groups in total. The summed E-state index contributed by atoms with van der Waals surface area (Å²) in [4.78, 5) is 26.9. The Morgan fingerprint density at radius 1 is 0.900 bits per heavy atom. The normalized spacial score (nSPS) is 11.4. The standard InChI is InChI=1S/C24H17FN2O2S/c1-15-6-2-3-7-16(15)14-26-21-19-8-4-5-9-20(19)30-22(21)23(28)27(24(26)29)18-12-10-17(25)11-13-18/h2-13H,14H2,1H3. The van der Waals surface area contributed by atoms with Crippen LogP contribution in [-0.2, 0) is 6.54 Å². The third-order valence-electron chi connectivity index (χ3n) is 5.33. The lowest BCUT2D eigenvalue weighted by Crippen LogP contribution is -2.38. The van der Waals surface area contributed by atoms with Crippen LogP contribution in [0.1, 0.15) is 11.1 Å². The van der Waals surface area contributed by atoms with Gasteiger partial charge in [-0.1, -0.05) is 42.5 Å². The molecule has 0 radical (unpaired) electrons. The summed E-state index contributed by atoms with van der Waals surface area (Å²) in [6.45, 7) is 2.34. The first-order valence-corrected chi connectivity index (χ1v) is 10.3. The maximum absolute atomic E-state index is 13.6. The lowest BCUT2D eigenvalue weighted by molar-refractivity contribution is 0.626. The van der Waals surface area contributed by atoms with E-state index in [0.717, 1.165) is 25.8 Å². The van der Waals surface area contributed by atoms with Crippen LogP contribution in [-0.4, -0.2) is 9.13 Å². The fourth-order valence-corrected chi connectivity index (χ4v) is 4.91. The molecule has 0 aliphatic rings. The Morgan fingerprint density at radius 2 is 1.60 bits per heavy atom. The van der Waals surface area contributed by atoms with Gasteiger partial charge in [-0.25, -0.2) is 13.8 Å². The number of halogens is 1. The number of aryl methyl sites for hydroxylation is 1. The van der Waals surface area contributed by atoms with Gasteiger partial charge in [0.2, 0.25) is 0 Å². The van der Waals surface area contributed by atoms with Crippen molar-refractivity contribution in [2.24, 2.45) is 0 Å². The van der Waals surface area contributed by atoms with Crippen molar-refractivity contribution >= 4 is 31.6 Å². The molecule has 4 nitrogen and oxygen atoms in total. The number of hydrogen-bond donors (Lipinski definition) is 0. The predicted molar refractivity (Wildman–Crippen MR) is 119 cm³/mol. The number of nitrogens with zero attached hydrogens (tertiary/aromatic N) is 2. The van der Waals surface area contributed by atoms with Gasteiger partial charge in [-0.05, 0) is 48.4 Å². The highest BCUT2D eigenvalue weighted by Crippen LogP contribution is 2.31. The molecule has 5 aromatic rings. The first-order chi connectivity index (χ1) is 14.5. The molecule has 0 amide bonds. The Labute approximate surface area is 175 Å². The molecule has 0 unspecified atom stereocenters. The molecule has 148 valence electrons. The monoisotopic (exact) mass is 416 g/mol. The van der Waals surface area contributed by atoms with Crippen molar-refractivity contribution in [2.75, 3.05) is 0 Å². The Balaban J connectivity index is 1.90. The van der Waals surface area contributed by atoms with Crippen molar-refractivity contribution in [3.05, 3.63) is 111 Å². The number of hydrogen-bond acceptors (Lipinski definition) is 3. The zero-order valence-electron chi connectivity index (χ0n) is 16.1. The molecule has 5 rings (SSSR count). The van der Waals surface area contributed by atoms with Crippen LogP contribution in [0, 0.1) is 12.7 Å². The van der Waals surface area contributed by atoms with E-state index in [4.69, 9.17) is 0 Å². The summed E-state index contributed by atoms with van der Waals surface area (Å²) >= 11 is 1.37. The average molecular weight is 416 g/mol. The van der Waals surface area contributed by atoms with Crippen molar-refractivity contribution in [3.8, 4) is 5.69 Å². The van der Waals surface area contributed by atoms with Crippen LogP contribution in [0.4, 0.5) is 4.39 Å². The largest absolute Gasteiger partial charge is 0.336 e. The Kier molecular flexibility index (Phi) is 4.37. The predicted octanol–water partition coefficient (Wildman–Crippen LogP) is 4.86. The molecule has 0 fully saturated rings. The van der Waals surface area contributed by atoms with Gasteiger partial charge in [0.1, 0.15) is 10.5 Å². The van der Waals surface area contributed by atoms with Gasteiger partial charge in [-0.2, -0.15) is 0 Å². The van der Waals surface area contributed by atoms with Crippen molar-refractivity contribution in [2.45, 2.75) is 13.5 Å². The van der Waals surface area contributed by atoms with E-state index in [0.29, 0.717) is 22.4 Å². The summed E-state index contributed by atoms with van der Waals surface area (Å²) < 4.78 is 17.7.